The lowest BCUT2D eigenvalue weighted by Crippen LogP contribution is -2.18. The van der Waals surface area contributed by atoms with Crippen molar-refractivity contribution in [1.29, 1.82) is 0 Å². The van der Waals surface area contributed by atoms with E-state index in [0.717, 1.165) is 0 Å². The standard InChI is InChI=1S/C16H19FN2O3S/c1-3-22-15(21)11(2)23-16-18-8-13(10-20)19(16)9-12-6-4-5-7-14(12)17/h4-8,11,20H,3,9-10H2,1-2H3/t11-/m1/s1. The van der Waals surface area contributed by atoms with Gasteiger partial charge in [-0.15, -0.1) is 0 Å². The van der Waals surface area contributed by atoms with Crippen LogP contribution in [-0.4, -0.2) is 32.5 Å². The summed E-state index contributed by atoms with van der Waals surface area (Å²) in [5, 5.41) is 9.55. The number of ether oxygens (including phenoxy) is 1. The van der Waals surface area contributed by atoms with Crippen LogP contribution in [0.4, 0.5) is 4.39 Å². The third kappa shape index (κ3) is 4.33. The van der Waals surface area contributed by atoms with Crippen LogP contribution in [0.3, 0.4) is 0 Å². The predicted octanol–water partition coefficient (Wildman–Crippen LogP) is 2.61. The number of halogens is 1. The van der Waals surface area contributed by atoms with Crippen LogP contribution >= 0.6 is 11.8 Å². The number of rotatable bonds is 7. The molecule has 1 aromatic heterocycles. The van der Waals surface area contributed by atoms with Crippen molar-refractivity contribution >= 4 is 17.7 Å². The fourth-order valence-corrected chi connectivity index (χ4v) is 2.95. The summed E-state index contributed by atoms with van der Waals surface area (Å²) in [5.74, 6) is -0.650. The first-order valence-corrected chi connectivity index (χ1v) is 8.16. The number of imidazole rings is 1. The highest BCUT2D eigenvalue weighted by atomic mass is 32.2. The second kappa shape index (κ2) is 8.12. The fraction of sp³-hybridized carbons (Fsp3) is 0.375. The molecule has 5 nitrogen and oxygen atoms in total. The lowest BCUT2D eigenvalue weighted by Gasteiger charge is -2.14. The Bertz CT molecular complexity index is 675. The van der Waals surface area contributed by atoms with Gasteiger partial charge >= 0.3 is 5.97 Å². The number of aliphatic hydroxyl groups is 1. The van der Waals surface area contributed by atoms with E-state index in [0.29, 0.717) is 23.0 Å². The molecular weight excluding hydrogens is 319 g/mol. The third-order valence-electron chi connectivity index (χ3n) is 3.25. The Morgan fingerprint density at radius 3 is 2.87 bits per heavy atom. The third-order valence-corrected chi connectivity index (χ3v) is 4.33. The lowest BCUT2D eigenvalue weighted by atomic mass is 10.2. The number of esters is 1. The highest BCUT2D eigenvalue weighted by molar-refractivity contribution is 8.00. The van der Waals surface area contributed by atoms with E-state index in [2.05, 4.69) is 4.98 Å². The predicted molar refractivity (Wildman–Crippen MR) is 85.6 cm³/mol. The van der Waals surface area contributed by atoms with Crippen LogP contribution in [0.2, 0.25) is 0 Å². The van der Waals surface area contributed by atoms with Crippen molar-refractivity contribution in [2.45, 2.75) is 37.4 Å². The van der Waals surface area contributed by atoms with Crippen LogP contribution in [0.5, 0.6) is 0 Å². The van der Waals surface area contributed by atoms with Gasteiger partial charge in [-0.1, -0.05) is 30.0 Å². The van der Waals surface area contributed by atoms with Gasteiger partial charge in [-0.2, -0.15) is 0 Å². The molecule has 2 aromatic rings. The van der Waals surface area contributed by atoms with E-state index in [4.69, 9.17) is 4.74 Å². The molecule has 0 bridgehead atoms. The molecule has 1 aromatic carbocycles. The zero-order chi connectivity index (χ0) is 16.8. The second-order valence-corrected chi connectivity index (χ2v) is 6.19. The summed E-state index contributed by atoms with van der Waals surface area (Å²) in [6.45, 7) is 3.81. The van der Waals surface area contributed by atoms with Crippen LogP contribution in [-0.2, 0) is 22.7 Å². The molecule has 0 amide bonds. The molecule has 23 heavy (non-hydrogen) atoms. The SMILES string of the molecule is CCOC(=O)[C@@H](C)Sc1ncc(CO)n1Cc1ccccc1F. The van der Waals surface area contributed by atoms with Gasteiger partial charge in [0.25, 0.3) is 0 Å². The van der Waals surface area contributed by atoms with Gasteiger partial charge < -0.3 is 14.4 Å². The van der Waals surface area contributed by atoms with Crippen LogP contribution in [0.25, 0.3) is 0 Å². The summed E-state index contributed by atoms with van der Waals surface area (Å²) < 4.78 is 20.6. The number of nitrogens with zero attached hydrogens (tertiary/aromatic N) is 2. The number of hydrogen-bond donors (Lipinski definition) is 1. The average Bonchev–Trinajstić information content (AvgIpc) is 2.91. The highest BCUT2D eigenvalue weighted by Gasteiger charge is 2.20. The number of carbonyl (C=O) groups is 1. The van der Waals surface area contributed by atoms with Gasteiger partial charge in [0.1, 0.15) is 11.1 Å². The monoisotopic (exact) mass is 338 g/mol. The summed E-state index contributed by atoms with van der Waals surface area (Å²) in [7, 11) is 0. The van der Waals surface area contributed by atoms with E-state index in [9.17, 15) is 14.3 Å². The summed E-state index contributed by atoms with van der Waals surface area (Å²) >= 11 is 1.22. The van der Waals surface area contributed by atoms with Crippen molar-refractivity contribution in [3.63, 3.8) is 0 Å². The molecule has 0 saturated carbocycles. The molecule has 0 aliphatic carbocycles. The molecule has 0 spiro atoms. The number of thioether (sulfide) groups is 1. The fourth-order valence-electron chi connectivity index (χ4n) is 2.04. The van der Waals surface area contributed by atoms with E-state index in [-0.39, 0.29) is 24.9 Å². The van der Waals surface area contributed by atoms with E-state index in [1.807, 2.05) is 0 Å². The van der Waals surface area contributed by atoms with Gasteiger partial charge in [0.05, 0.1) is 31.6 Å². The molecule has 0 unspecified atom stereocenters. The first-order valence-electron chi connectivity index (χ1n) is 7.28. The minimum atomic E-state index is -0.441. The average molecular weight is 338 g/mol. The number of aromatic nitrogens is 2. The van der Waals surface area contributed by atoms with Gasteiger partial charge in [-0.3, -0.25) is 4.79 Å². The maximum absolute atomic E-state index is 13.9. The summed E-state index contributed by atoms with van der Waals surface area (Å²) in [6.07, 6.45) is 1.53. The molecule has 124 valence electrons. The molecule has 7 heteroatoms. The molecule has 1 heterocycles. The smallest absolute Gasteiger partial charge is 0.319 e. The highest BCUT2D eigenvalue weighted by Crippen LogP contribution is 2.25. The quantitative estimate of drug-likeness (QED) is 0.621. The van der Waals surface area contributed by atoms with Crippen molar-refractivity contribution in [3.8, 4) is 0 Å². The molecule has 1 atom stereocenters. The zero-order valence-corrected chi connectivity index (χ0v) is 13.8. The van der Waals surface area contributed by atoms with Crippen LogP contribution in [0.15, 0.2) is 35.6 Å². The minimum absolute atomic E-state index is 0.212. The summed E-state index contributed by atoms with van der Waals surface area (Å²) in [6, 6.07) is 6.44. The van der Waals surface area contributed by atoms with Gasteiger partial charge in [0.2, 0.25) is 0 Å². The van der Waals surface area contributed by atoms with Crippen molar-refractivity contribution in [3.05, 3.63) is 47.5 Å². The minimum Gasteiger partial charge on any atom is -0.465 e. The molecule has 0 fully saturated rings. The Kier molecular flexibility index (Phi) is 6.18. The van der Waals surface area contributed by atoms with Gasteiger partial charge in [-0.25, -0.2) is 9.37 Å². The molecule has 0 aliphatic rings. The Hall–Kier alpha value is -1.86. The maximum atomic E-state index is 13.9. The molecule has 2 rings (SSSR count). The van der Waals surface area contributed by atoms with E-state index >= 15 is 0 Å². The Morgan fingerprint density at radius 1 is 1.48 bits per heavy atom. The van der Waals surface area contributed by atoms with Crippen LogP contribution in [0, 0.1) is 5.82 Å². The Balaban J connectivity index is 2.23. The maximum Gasteiger partial charge on any atom is 0.319 e. The molecular formula is C16H19FN2O3S. The number of hydrogen-bond acceptors (Lipinski definition) is 5. The lowest BCUT2D eigenvalue weighted by molar-refractivity contribution is -0.142. The molecule has 1 N–H and O–H groups in total. The summed E-state index contributed by atoms with van der Waals surface area (Å²) in [4.78, 5) is 16.0. The first-order chi connectivity index (χ1) is 11.1. The topological polar surface area (TPSA) is 64.3 Å². The Labute approximate surface area is 138 Å². The van der Waals surface area contributed by atoms with Gasteiger partial charge in [-0.05, 0) is 19.9 Å². The number of aliphatic hydroxyl groups excluding tert-OH is 1. The summed E-state index contributed by atoms with van der Waals surface area (Å²) in [5.41, 5.74) is 1.05. The Morgan fingerprint density at radius 2 is 2.22 bits per heavy atom. The zero-order valence-electron chi connectivity index (χ0n) is 13.0. The number of carbonyl (C=O) groups excluding carboxylic acids is 1. The van der Waals surface area contributed by atoms with Gasteiger partial charge in [0.15, 0.2) is 5.16 Å². The van der Waals surface area contributed by atoms with Crippen molar-refractivity contribution in [2.75, 3.05) is 6.61 Å². The second-order valence-electron chi connectivity index (χ2n) is 4.88. The van der Waals surface area contributed by atoms with Crippen molar-refractivity contribution in [1.82, 2.24) is 9.55 Å². The van der Waals surface area contributed by atoms with Gasteiger partial charge in [0, 0.05) is 5.56 Å². The van der Waals surface area contributed by atoms with Crippen LogP contribution < -0.4 is 0 Å². The van der Waals surface area contributed by atoms with E-state index in [1.165, 1.54) is 24.0 Å². The molecule has 0 aliphatic heterocycles. The molecule has 0 radical (unpaired) electrons. The van der Waals surface area contributed by atoms with E-state index in [1.54, 1.807) is 36.6 Å². The molecule has 0 saturated heterocycles. The van der Waals surface area contributed by atoms with E-state index < -0.39 is 5.25 Å². The first kappa shape index (κ1) is 17.5. The normalized spacial score (nSPS) is 12.2. The number of benzene rings is 1. The van der Waals surface area contributed by atoms with Crippen LogP contribution in [0.1, 0.15) is 25.1 Å². The largest absolute Gasteiger partial charge is 0.465 e. The van der Waals surface area contributed by atoms with Crippen molar-refractivity contribution < 1.29 is 19.0 Å². The van der Waals surface area contributed by atoms with Crippen molar-refractivity contribution in [2.24, 2.45) is 0 Å².